The Kier molecular flexibility index (Phi) is 8.89. The van der Waals surface area contributed by atoms with E-state index in [0.29, 0.717) is 0 Å². The van der Waals surface area contributed by atoms with Crippen molar-refractivity contribution in [3.8, 4) is 0 Å². The Labute approximate surface area is 303 Å². The quantitative estimate of drug-likeness (QED) is 0.0995. The molecule has 0 nitrogen and oxygen atoms in total. The van der Waals surface area contributed by atoms with Crippen LogP contribution in [0.15, 0.2) is 126 Å². The monoisotopic (exact) mass is 624 g/mol. The molecule has 8 aromatic rings. The molecular formula is C38H27Cl2KS. The number of hydrogen-bond acceptors (Lipinski definition) is 1. The molecule has 0 aliphatic rings. The standard InChI is InChI=1S/C20H16S.C18H10Cl2.K.H/c1-13-3-4-14-6-10-18-17(19(14)11-13)9-7-15-5-8-16(21-2)12-20(15)18;19-13-5-1-11-3-7-16-15(17(11)9-13)8-4-12-2-6-14(20)10-18(12)16;;/h3-12H,1-2H3;1-10H;;/q;;+1;-1. The maximum Gasteiger partial charge on any atom is 1.00 e. The number of hydrogen-bond donors (Lipinski definition) is 0. The van der Waals surface area contributed by atoms with Crippen molar-refractivity contribution in [3.63, 3.8) is 0 Å². The van der Waals surface area contributed by atoms with Gasteiger partial charge in [0.2, 0.25) is 0 Å². The van der Waals surface area contributed by atoms with Crippen LogP contribution >= 0.6 is 35.0 Å². The first kappa shape index (κ1) is 29.9. The minimum atomic E-state index is 0. The van der Waals surface area contributed by atoms with Gasteiger partial charge in [-0.2, -0.15) is 0 Å². The summed E-state index contributed by atoms with van der Waals surface area (Å²) in [6.45, 7) is 2.16. The first-order valence-electron chi connectivity index (χ1n) is 13.6. The van der Waals surface area contributed by atoms with E-state index in [0.717, 1.165) is 10.0 Å². The van der Waals surface area contributed by atoms with E-state index in [4.69, 9.17) is 23.2 Å². The predicted molar refractivity (Wildman–Crippen MR) is 186 cm³/mol. The van der Waals surface area contributed by atoms with Gasteiger partial charge in [0.25, 0.3) is 0 Å². The Morgan fingerprint density at radius 3 is 1.24 bits per heavy atom. The molecule has 0 fully saturated rings. The van der Waals surface area contributed by atoms with Crippen molar-refractivity contribution in [1.29, 1.82) is 0 Å². The van der Waals surface area contributed by atoms with Gasteiger partial charge in [0.05, 0.1) is 0 Å². The molecule has 42 heavy (non-hydrogen) atoms. The second kappa shape index (κ2) is 12.5. The zero-order valence-electron chi connectivity index (χ0n) is 24.7. The molecule has 0 radical (unpaired) electrons. The van der Waals surface area contributed by atoms with Gasteiger partial charge in [0.15, 0.2) is 0 Å². The van der Waals surface area contributed by atoms with E-state index in [1.54, 1.807) is 11.8 Å². The summed E-state index contributed by atoms with van der Waals surface area (Å²) in [5, 5.41) is 16.7. The van der Waals surface area contributed by atoms with E-state index >= 15 is 0 Å². The molecule has 0 aliphatic heterocycles. The predicted octanol–water partition coefficient (Wildman–Crippen LogP) is 9.75. The van der Waals surface area contributed by atoms with Gasteiger partial charge in [-0.15, -0.1) is 11.8 Å². The molecule has 4 heteroatoms. The van der Waals surface area contributed by atoms with Gasteiger partial charge in [-0.3, -0.25) is 0 Å². The van der Waals surface area contributed by atoms with Gasteiger partial charge in [0.1, 0.15) is 0 Å². The fraction of sp³-hybridized carbons (Fsp3) is 0.0526. The van der Waals surface area contributed by atoms with Crippen LogP contribution in [0.4, 0.5) is 0 Å². The summed E-state index contributed by atoms with van der Waals surface area (Å²) in [6, 6.07) is 43.0. The number of thioether (sulfide) groups is 1. The second-order valence-electron chi connectivity index (χ2n) is 10.5. The minimum Gasteiger partial charge on any atom is -1.00 e. The van der Waals surface area contributed by atoms with Gasteiger partial charge in [-0.1, -0.05) is 114 Å². The Morgan fingerprint density at radius 1 is 0.429 bits per heavy atom. The largest absolute Gasteiger partial charge is 1.00 e. The van der Waals surface area contributed by atoms with Crippen molar-refractivity contribution in [3.05, 3.63) is 137 Å². The molecule has 0 heterocycles. The molecule has 0 saturated heterocycles. The first-order chi connectivity index (χ1) is 20.0. The van der Waals surface area contributed by atoms with Crippen molar-refractivity contribution < 1.29 is 52.8 Å². The smallest absolute Gasteiger partial charge is 1.00 e. The number of halogens is 2. The molecule has 0 N–H and O–H groups in total. The average Bonchev–Trinajstić information content (AvgIpc) is 3.00. The van der Waals surface area contributed by atoms with Gasteiger partial charge in [0, 0.05) is 14.9 Å². The third kappa shape index (κ3) is 5.61. The van der Waals surface area contributed by atoms with Crippen LogP contribution in [0, 0.1) is 6.92 Å². The van der Waals surface area contributed by atoms with Crippen molar-refractivity contribution in [2.24, 2.45) is 0 Å². The molecular weight excluding hydrogens is 598 g/mol. The first-order valence-corrected chi connectivity index (χ1v) is 15.6. The third-order valence-electron chi connectivity index (χ3n) is 7.96. The maximum atomic E-state index is 6.14. The van der Waals surface area contributed by atoms with E-state index in [9.17, 15) is 0 Å². The SMILES string of the molecule is CSc1ccc2ccc3c4cc(C)ccc4ccc3c2c1.Clc1ccc2ccc3c4cc(Cl)ccc4ccc3c2c1.[H-].[K+]. The second-order valence-corrected chi connectivity index (χ2v) is 12.2. The number of fused-ring (bicyclic) bond motifs is 10. The molecule has 0 bridgehead atoms. The number of aryl methyl sites for hydroxylation is 1. The molecule has 0 unspecified atom stereocenters. The Balaban J connectivity index is 0.000000164. The molecule has 8 rings (SSSR count). The molecule has 0 spiro atoms. The van der Waals surface area contributed by atoms with E-state index in [2.05, 4.69) is 110 Å². The van der Waals surface area contributed by atoms with Gasteiger partial charge < -0.3 is 1.43 Å². The minimum absolute atomic E-state index is 0. The van der Waals surface area contributed by atoms with Crippen LogP contribution in [-0.2, 0) is 0 Å². The summed E-state index contributed by atoms with van der Waals surface area (Å²) in [6.07, 6.45) is 2.13. The van der Waals surface area contributed by atoms with E-state index in [1.807, 2.05) is 24.3 Å². The molecule has 0 atom stereocenters. The fourth-order valence-electron chi connectivity index (χ4n) is 5.89. The average molecular weight is 626 g/mol. The maximum absolute atomic E-state index is 6.14. The van der Waals surface area contributed by atoms with E-state index in [-0.39, 0.29) is 52.8 Å². The van der Waals surface area contributed by atoms with Crippen molar-refractivity contribution >= 4 is 99.6 Å². The zero-order valence-corrected chi connectivity index (χ0v) is 29.2. The van der Waals surface area contributed by atoms with Crippen molar-refractivity contribution in [2.45, 2.75) is 11.8 Å². The topological polar surface area (TPSA) is 0 Å². The fourth-order valence-corrected chi connectivity index (χ4v) is 6.68. The summed E-state index contributed by atoms with van der Waals surface area (Å²) in [4.78, 5) is 1.32. The van der Waals surface area contributed by atoms with Crippen LogP contribution < -0.4 is 51.4 Å². The van der Waals surface area contributed by atoms with Gasteiger partial charge >= 0.3 is 51.4 Å². The Bertz CT molecular complexity index is 2220. The number of benzene rings is 8. The summed E-state index contributed by atoms with van der Waals surface area (Å²) in [5.74, 6) is 0. The van der Waals surface area contributed by atoms with E-state index < -0.39 is 0 Å². The van der Waals surface area contributed by atoms with Gasteiger partial charge in [-0.05, 0) is 114 Å². The molecule has 200 valence electrons. The molecule has 8 aromatic carbocycles. The van der Waals surface area contributed by atoms with Crippen LogP contribution in [0.2, 0.25) is 10.0 Å². The van der Waals surface area contributed by atoms with Crippen molar-refractivity contribution in [2.75, 3.05) is 6.26 Å². The summed E-state index contributed by atoms with van der Waals surface area (Å²) in [5.41, 5.74) is 1.31. The third-order valence-corrected chi connectivity index (χ3v) is 9.15. The summed E-state index contributed by atoms with van der Waals surface area (Å²) in [7, 11) is 0. The van der Waals surface area contributed by atoms with Crippen LogP contribution in [0.3, 0.4) is 0 Å². The van der Waals surface area contributed by atoms with Crippen LogP contribution in [0.25, 0.3) is 64.6 Å². The van der Waals surface area contributed by atoms with Crippen LogP contribution in [0.5, 0.6) is 0 Å². The van der Waals surface area contributed by atoms with E-state index in [1.165, 1.54) is 75.1 Å². The summed E-state index contributed by atoms with van der Waals surface area (Å²) < 4.78 is 0. The molecule has 0 amide bonds. The summed E-state index contributed by atoms with van der Waals surface area (Å²) >= 11 is 14.1. The number of rotatable bonds is 1. The normalized spacial score (nSPS) is 11.2. The van der Waals surface area contributed by atoms with Crippen LogP contribution in [0.1, 0.15) is 6.99 Å². The molecule has 0 aliphatic carbocycles. The Hall–Kier alpha value is -2.11. The Morgan fingerprint density at radius 2 is 0.786 bits per heavy atom. The van der Waals surface area contributed by atoms with Crippen molar-refractivity contribution in [1.82, 2.24) is 0 Å². The molecule has 0 saturated carbocycles. The van der Waals surface area contributed by atoms with Gasteiger partial charge in [-0.25, -0.2) is 0 Å². The van der Waals surface area contributed by atoms with Crippen LogP contribution in [-0.4, -0.2) is 6.26 Å². The molecule has 0 aromatic heterocycles. The zero-order chi connectivity index (χ0) is 28.1.